The summed E-state index contributed by atoms with van der Waals surface area (Å²) < 4.78 is 37.8. The van der Waals surface area contributed by atoms with Gasteiger partial charge in [-0.05, 0) is 44.4 Å². The first-order valence-corrected chi connectivity index (χ1v) is 5.62. The van der Waals surface area contributed by atoms with Crippen LogP contribution in [0.15, 0.2) is 18.2 Å². The molecular formula is C12H15ClF3N. The van der Waals surface area contributed by atoms with E-state index in [2.05, 4.69) is 0 Å². The Hall–Kier alpha value is -0.740. The van der Waals surface area contributed by atoms with Crippen molar-refractivity contribution in [3.05, 3.63) is 34.3 Å². The first kappa shape index (κ1) is 14.3. The highest BCUT2D eigenvalue weighted by Gasteiger charge is 2.33. The number of aryl methyl sites for hydroxylation is 1. The van der Waals surface area contributed by atoms with Crippen molar-refractivity contribution in [2.45, 2.75) is 38.4 Å². The van der Waals surface area contributed by atoms with Gasteiger partial charge in [0.1, 0.15) is 0 Å². The standard InChI is InChI=1S/C12H15ClF3N/c1-11(2,17)6-5-8-3-4-10(13)9(7-8)12(14,15)16/h3-4,7H,5-6,17H2,1-2H3. The molecular weight excluding hydrogens is 251 g/mol. The Kier molecular flexibility index (Phi) is 4.10. The van der Waals surface area contributed by atoms with Crippen LogP contribution in [0.2, 0.25) is 5.02 Å². The minimum Gasteiger partial charge on any atom is -0.326 e. The molecule has 96 valence electrons. The Morgan fingerprint density at radius 3 is 2.29 bits per heavy atom. The highest BCUT2D eigenvalue weighted by molar-refractivity contribution is 6.31. The van der Waals surface area contributed by atoms with E-state index in [1.165, 1.54) is 6.07 Å². The van der Waals surface area contributed by atoms with Gasteiger partial charge in [0.15, 0.2) is 0 Å². The Labute approximate surface area is 104 Å². The molecule has 0 aliphatic carbocycles. The molecule has 0 radical (unpaired) electrons. The maximum Gasteiger partial charge on any atom is 0.417 e. The monoisotopic (exact) mass is 265 g/mol. The fraction of sp³-hybridized carbons (Fsp3) is 0.500. The van der Waals surface area contributed by atoms with Crippen molar-refractivity contribution in [3.8, 4) is 0 Å². The molecule has 0 unspecified atom stereocenters. The third-order valence-electron chi connectivity index (χ3n) is 2.39. The van der Waals surface area contributed by atoms with Gasteiger partial charge in [-0.1, -0.05) is 17.7 Å². The van der Waals surface area contributed by atoms with Gasteiger partial charge in [0.25, 0.3) is 0 Å². The van der Waals surface area contributed by atoms with E-state index in [4.69, 9.17) is 17.3 Å². The van der Waals surface area contributed by atoms with Crippen LogP contribution >= 0.6 is 11.6 Å². The number of nitrogens with two attached hydrogens (primary N) is 1. The van der Waals surface area contributed by atoms with Crippen LogP contribution in [-0.2, 0) is 12.6 Å². The maximum absolute atomic E-state index is 12.6. The summed E-state index contributed by atoms with van der Waals surface area (Å²) in [6.07, 6.45) is -3.29. The van der Waals surface area contributed by atoms with Crippen molar-refractivity contribution in [1.29, 1.82) is 0 Å². The van der Waals surface area contributed by atoms with Crippen LogP contribution in [-0.4, -0.2) is 5.54 Å². The van der Waals surface area contributed by atoms with E-state index in [0.29, 0.717) is 18.4 Å². The van der Waals surface area contributed by atoms with Crippen molar-refractivity contribution < 1.29 is 13.2 Å². The molecule has 1 nitrogen and oxygen atoms in total. The molecule has 0 atom stereocenters. The average Bonchev–Trinajstić information content (AvgIpc) is 2.13. The van der Waals surface area contributed by atoms with Gasteiger partial charge >= 0.3 is 6.18 Å². The Balaban J connectivity index is 2.90. The molecule has 0 aromatic heterocycles. The zero-order chi connectivity index (χ0) is 13.3. The van der Waals surface area contributed by atoms with Gasteiger partial charge in [-0.15, -0.1) is 0 Å². The van der Waals surface area contributed by atoms with Gasteiger partial charge in [-0.3, -0.25) is 0 Å². The van der Waals surface area contributed by atoms with Crippen molar-refractivity contribution in [3.63, 3.8) is 0 Å². The lowest BCUT2D eigenvalue weighted by atomic mass is 9.96. The SMILES string of the molecule is CC(C)(N)CCc1ccc(Cl)c(C(F)(F)F)c1. The first-order valence-electron chi connectivity index (χ1n) is 5.24. The molecule has 2 N–H and O–H groups in total. The third-order valence-corrected chi connectivity index (χ3v) is 2.72. The molecule has 0 saturated heterocycles. The van der Waals surface area contributed by atoms with Crippen molar-refractivity contribution in [2.24, 2.45) is 5.73 Å². The molecule has 0 bridgehead atoms. The second-order valence-corrected chi connectivity index (χ2v) is 5.21. The number of alkyl halides is 3. The molecule has 0 amide bonds. The largest absolute Gasteiger partial charge is 0.417 e. The predicted octanol–water partition coefficient (Wildman–Crippen LogP) is 4.03. The van der Waals surface area contributed by atoms with E-state index in [0.717, 1.165) is 6.07 Å². The molecule has 0 aliphatic rings. The summed E-state index contributed by atoms with van der Waals surface area (Å²) in [5, 5.41) is -0.270. The van der Waals surface area contributed by atoms with Crippen LogP contribution in [0.3, 0.4) is 0 Å². The molecule has 0 spiro atoms. The van der Waals surface area contributed by atoms with Crippen LogP contribution in [0.4, 0.5) is 13.2 Å². The minimum atomic E-state index is -4.41. The van der Waals surface area contributed by atoms with Gasteiger partial charge in [0, 0.05) is 5.54 Å². The summed E-state index contributed by atoms with van der Waals surface area (Å²) in [5.41, 5.74) is 5.21. The average molecular weight is 266 g/mol. The van der Waals surface area contributed by atoms with E-state index in [-0.39, 0.29) is 5.02 Å². The summed E-state index contributed by atoms with van der Waals surface area (Å²) in [4.78, 5) is 0. The molecule has 0 heterocycles. The van der Waals surface area contributed by atoms with Crippen molar-refractivity contribution in [1.82, 2.24) is 0 Å². The quantitative estimate of drug-likeness (QED) is 0.877. The third kappa shape index (κ3) is 4.56. The zero-order valence-electron chi connectivity index (χ0n) is 9.74. The molecule has 0 fully saturated rings. The number of rotatable bonds is 3. The van der Waals surface area contributed by atoms with Gasteiger partial charge < -0.3 is 5.73 Å². The number of hydrogen-bond donors (Lipinski definition) is 1. The van der Waals surface area contributed by atoms with Gasteiger partial charge in [0.2, 0.25) is 0 Å². The minimum absolute atomic E-state index is 0.270. The van der Waals surface area contributed by atoms with Crippen LogP contribution < -0.4 is 5.73 Å². The molecule has 0 saturated carbocycles. The van der Waals surface area contributed by atoms with Gasteiger partial charge in [-0.2, -0.15) is 13.2 Å². The van der Waals surface area contributed by atoms with Crippen LogP contribution in [0.5, 0.6) is 0 Å². The second kappa shape index (κ2) is 4.86. The zero-order valence-corrected chi connectivity index (χ0v) is 10.5. The summed E-state index contributed by atoms with van der Waals surface area (Å²) in [7, 11) is 0. The van der Waals surface area contributed by atoms with Crippen LogP contribution in [0.1, 0.15) is 31.4 Å². The lowest BCUT2D eigenvalue weighted by molar-refractivity contribution is -0.137. The highest BCUT2D eigenvalue weighted by atomic mass is 35.5. The number of benzene rings is 1. The number of hydrogen-bond acceptors (Lipinski definition) is 1. The fourth-order valence-corrected chi connectivity index (χ4v) is 1.64. The Morgan fingerprint density at radius 2 is 1.82 bits per heavy atom. The predicted molar refractivity (Wildman–Crippen MR) is 63.0 cm³/mol. The summed E-state index contributed by atoms with van der Waals surface area (Å²) in [6, 6.07) is 3.97. The summed E-state index contributed by atoms with van der Waals surface area (Å²) in [5.74, 6) is 0. The van der Waals surface area contributed by atoms with Crippen LogP contribution in [0.25, 0.3) is 0 Å². The summed E-state index contributed by atoms with van der Waals surface area (Å²) in [6.45, 7) is 3.68. The Bertz CT molecular complexity index is 394. The van der Waals surface area contributed by atoms with Crippen molar-refractivity contribution in [2.75, 3.05) is 0 Å². The molecule has 17 heavy (non-hydrogen) atoms. The molecule has 1 aromatic carbocycles. The highest BCUT2D eigenvalue weighted by Crippen LogP contribution is 2.35. The van der Waals surface area contributed by atoms with Gasteiger partial charge in [0.05, 0.1) is 10.6 Å². The molecule has 1 aromatic rings. The lowest BCUT2D eigenvalue weighted by Crippen LogP contribution is -2.32. The topological polar surface area (TPSA) is 26.0 Å². The number of halogens is 4. The van der Waals surface area contributed by atoms with E-state index in [9.17, 15) is 13.2 Å². The Morgan fingerprint density at radius 1 is 1.24 bits per heavy atom. The maximum atomic E-state index is 12.6. The van der Waals surface area contributed by atoms with E-state index in [1.807, 2.05) is 13.8 Å². The van der Waals surface area contributed by atoms with Crippen molar-refractivity contribution >= 4 is 11.6 Å². The van der Waals surface area contributed by atoms with E-state index < -0.39 is 17.3 Å². The second-order valence-electron chi connectivity index (χ2n) is 4.80. The van der Waals surface area contributed by atoms with E-state index >= 15 is 0 Å². The molecule has 5 heteroatoms. The smallest absolute Gasteiger partial charge is 0.326 e. The van der Waals surface area contributed by atoms with E-state index in [1.54, 1.807) is 6.07 Å². The molecule has 0 aliphatic heterocycles. The molecule has 1 rings (SSSR count). The van der Waals surface area contributed by atoms with Gasteiger partial charge in [-0.25, -0.2) is 0 Å². The first-order chi connectivity index (χ1) is 7.59. The van der Waals surface area contributed by atoms with Crippen LogP contribution in [0, 0.1) is 0 Å². The lowest BCUT2D eigenvalue weighted by Gasteiger charge is -2.18. The summed E-state index contributed by atoms with van der Waals surface area (Å²) >= 11 is 5.53. The normalized spacial score (nSPS) is 12.9. The fourth-order valence-electron chi connectivity index (χ4n) is 1.41.